The standard InChI is InChI=1S/C24H26N4O2/c1-14-8-7-9-15(2)21(14)26-23-22(19-13-18(29-5)10-11-20(19)30-6)27-24-25-16(3)12-17(4)28(23)24/h7-13,26H,1-6H3. The predicted octanol–water partition coefficient (Wildman–Crippen LogP) is 5.39. The van der Waals surface area contributed by atoms with E-state index in [0.717, 1.165) is 56.8 Å². The molecule has 0 aliphatic rings. The maximum atomic E-state index is 5.65. The number of nitrogens with zero attached hydrogens (tertiary/aromatic N) is 3. The van der Waals surface area contributed by atoms with Crippen molar-refractivity contribution in [1.82, 2.24) is 14.4 Å². The molecule has 0 amide bonds. The Kier molecular flexibility index (Phi) is 5.08. The molecule has 0 radical (unpaired) electrons. The minimum absolute atomic E-state index is 0.640. The van der Waals surface area contributed by atoms with E-state index >= 15 is 0 Å². The van der Waals surface area contributed by atoms with Crippen LogP contribution in [0.25, 0.3) is 17.0 Å². The number of methoxy groups -OCH3 is 2. The molecule has 0 unspecified atom stereocenters. The minimum Gasteiger partial charge on any atom is -0.497 e. The Labute approximate surface area is 176 Å². The first-order chi connectivity index (χ1) is 14.4. The smallest absolute Gasteiger partial charge is 0.236 e. The largest absolute Gasteiger partial charge is 0.497 e. The van der Waals surface area contributed by atoms with Crippen molar-refractivity contribution in [3.05, 3.63) is 65.0 Å². The van der Waals surface area contributed by atoms with E-state index in [2.05, 4.69) is 55.3 Å². The lowest BCUT2D eigenvalue weighted by Crippen LogP contribution is -2.04. The topological polar surface area (TPSA) is 60.7 Å². The first-order valence-electron chi connectivity index (χ1n) is 9.85. The van der Waals surface area contributed by atoms with Gasteiger partial charge >= 0.3 is 0 Å². The summed E-state index contributed by atoms with van der Waals surface area (Å²) in [5.74, 6) is 2.94. The summed E-state index contributed by atoms with van der Waals surface area (Å²) in [6.07, 6.45) is 0. The predicted molar refractivity (Wildman–Crippen MR) is 120 cm³/mol. The van der Waals surface area contributed by atoms with E-state index < -0.39 is 0 Å². The molecular weight excluding hydrogens is 376 g/mol. The number of aryl methyl sites for hydroxylation is 4. The number of ether oxygens (including phenoxy) is 2. The van der Waals surface area contributed by atoms with Gasteiger partial charge in [-0.1, -0.05) is 18.2 Å². The highest BCUT2D eigenvalue weighted by Gasteiger charge is 2.21. The summed E-state index contributed by atoms with van der Waals surface area (Å²) < 4.78 is 13.2. The first-order valence-corrected chi connectivity index (χ1v) is 9.85. The van der Waals surface area contributed by atoms with Crippen molar-refractivity contribution in [2.45, 2.75) is 27.7 Å². The van der Waals surface area contributed by atoms with E-state index in [4.69, 9.17) is 14.5 Å². The Morgan fingerprint density at radius 2 is 1.60 bits per heavy atom. The van der Waals surface area contributed by atoms with Crippen molar-refractivity contribution in [3.8, 4) is 22.8 Å². The zero-order valence-electron chi connectivity index (χ0n) is 18.2. The molecule has 0 atom stereocenters. The Morgan fingerprint density at radius 3 is 2.27 bits per heavy atom. The SMILES string of the molecule is COc1ccc(OC)c(-c2nc3nc(C)cc(C)n3c2Nc2c(C)cccc2C)c1. The van der Waals surface area contributed by atoms with Crippen molar-refractivity contribution < 1.29 is 9.47 Å². The fourth-order valence-electron chi connectivity index (χ4n) is 3.81. The lowest BCUT2D eigenvalue weighted by Gasteiger charge is -2.16. The van der Waals surface area contributed by atoms with Crippen LogP contribution in [0, 0.1) is 27.7 Å². The summed E-state index contributed by atoms with van der Waals surface area (Å²) in [7, 11) is 3.31. The van der Waals surface area contributed by atoms with Gasteiger partial charge in [0, 0.05) is 22.6 Å². The number of imidazole rings is 1. The van der Waals surface area contributed by atoms with Gasteiger partial charge in [-0.05, 0) is 63.1 Å². The number of aromatic nitrogens is 3. The fraction of sp³-hybridized carbons (Fsp3) is 0.250. The van der Waals surface area contributed by atoms with E-state index in [0.29, 0.717) is 5.78 Å². The highest BCUT2D eigenvalue weighted by Crippen LogP contribution is 2.39. The molecule has 2 aromatic carbocycles. The van der Waals surface area contributed by atoms with Crippen LogP contribution < -0.4 is 14.8 Å². The van der Waals surface area contributed by atoms with E-state index in [9.17, 15) is 0 Å². The summed E-state index contributed by atoms with van der Waals surface area (Å²) in [5, 5.41) is 3.64. The van der Waals surface area contributed by atoms with Crippen LogP contribution in [0.5, 0.6) is 11.5 Å². The van der Waals surface area contributed by atoms with Crippen molar-refractivity contribution in [1.29, 1.82) is 0 Å². The van der Waals surface area contributed by atoms with Gasteiger partial charge in [-0.2, -0.15) is 0 Å². The molecule has 0 saturated carbocycles. The molecule has 2 aromatic heterocycles. The molecule has 6 heteroatoms. The number of hydrogen-bond acceptors (Lipinski definition) is 5. The van der Waals surface area contributed by atoms with Gasteiger partial charge in [0.25, 0.3) is 0 Å². The second-order valence-corrected chi connectivity index (χ2v) is 7.44. The third kappa shape index (κ3) is 3.34. The molecule has 0 spiro atoms. The van der Waals surface area contributed by atoms with Gasteiger partial charge in [0.2, 0.25) is 5.78 Å². The summed E-state index contributed by atoms with van der Waals surface area (Å²) in [6.45, 7) is 8.23. The number of anilines is 2. The molecule has 6 nitrogen and oxygen atoms in total. The van der Waals surface area contributed by atoms with Gasteiger partial charge in [0.1, 0.15) is 23.0 Å². The summed E-state index contributed by atoms with van der Waals surface area (Å²) >= 11 is 0. The first kappa shape index (κ1) is 19.8. The monoisotopic (exact) mass is 402 g/mol. The van der Waals surface area contributed by atoms with Gasteiger partial charge < -0.3 is 14.8 Å². The average molecular weight is 402 g/mol. The third-order valence-corrected chi connectivity index (χ3v) is 5.29. The van der Waals surface area contributed by atoms with Crippen LogP contribution >= 0.6 is 0 Å². The van der Waals surface area contributed by atoms with Crippen LogP contribution in [0.15, 0.2) is 42.5 Å². The number of benzene rings is 2. The highest BCUT2D eigenvalue weighted by molar-refractivity contribution is 5.84. The van der Waals surface area contributed by atoms with Crippen LogP contribution in [0.2, 0.25) is 0 Å². The molecule has 154 valence electrons. The molecule has 0 saturated heterocycles. The summed E-state index contributed by atoms with van der Waals surface area (Å²) in [6, 6.07) is 14.0. The number of nitrogens with one attached hydrogen (secondary N) is 1. The van der Waals surface area contributed by atoms with Crippen LogP contribution in [-0.4, -0.2) is 28.6 Å². The molecule has 2 heterocycles. The highest BCUT2D eigenvalue weighted by atomic mass is 16.5. The number of rotatable bonds is 5. The molecule has 0 bridgehead atoms. The number of hydrogen-bond donors (Lipinski definition) is 1. The number of fused-ring (bicyclic) bond motifs is 1. The van der Waals surface area contributed by atoms with Crippen LogP contribution in [0.4, 0.5) is 11.5 Å². The van der Waals surface area contributed by atoms with Gasteiger partial charge in [0.05, 0.1) is 14.2 Å². The Hall–Kier alpha value is -3.54. The fourth-order valence-corrected chi connectivity index (χ4v) is 3.81. The molecule has 1 N–H and O–H groups in total. The van der Waals surface area contributed by atoms with Crippen LogP contribution in [-0.2, 0) is 0 Å². The van der Waals surface area contributed by atoms with Crippen molar-refractivity contribution in [3.63, 3.8) is 0 Å². The van der Waals surface area contributed by atoms with Crippen LogP contribution in [0.3, 0.4) is 0 Å². The normalized spacial score (nSPS) is 11.0. The van der Waals surface area contributed by atoms with Gasteiger partial charge in [0.15, 0.2) is 0 Å². The summed E-state index contributed by atoms with van der Waals surface area (Å²) in [5.41, 5.74) is 6.95. The molecule has 4 aromatic rings. The molecular formula is C24H26N4O2. The molecule has 4 rings (SSSR count). The zero-order chi connectivity index (χ0) is 21.4. The van der Waals surface area contributed by atoms with Gasteiger partial charge in [-0.15, -0.1) is 0 Å². The van der Waals surface area contributed by atoms with E-state index in [1.165, 1.54) is 0 Å². The lowest BCUT2D eigenvalue weighted by molar-refractivity contribution is 0.404. The minimum atomic E-state index is 0.640. The van der Waals surface area contributed by atoms with Crippen LogP contribution in [0.1, 0.15) is 22.5 Å². The van der Waals surface area contributed by atoms with E-state index in [1.54, 1.807) is 14.2 Å². The molecule has 0 fully saturated rings. The lowest BCUT2D eigenvalue weighted by atomic mass is 10.1. The average Bonchev–Trinajstić information content (AvgIpc) is 3.08. The maximum absolute atomic E-state index is 5.65. The molecule has 30 heavy (non-hydrogen) atoms. The zero-order valence-corrected chi connectivity index (χ0v) is 18.2. The van der Waals surface area contributed by atoms with Gasteiger partial charge in [-0.25, -0.2) is 9.97 Å². The number of para-hydroxylation sites is 1. The van der Waals surface area contributed by atoms with Gasteiger partial charge in [-0.3, -0.25) is 4.40 Å². The quantitative estimate of drug-likeness (QED) is 0.485. The Balaban J connectivity index is 2.03. The van der Waals surface area contributed by atoms with Crippen molar-refractivity contribution in [2.75, 3.05) is 19.5 Å². The Bertz CT molecular complexity index is 1220. The molecule has 0 aliphatic heterocycles. The van der Waals surface area contributed by atoms with Crippen molar-refractivity contribution in [2.24, 2.45) is 0 Å². The van der Waals surface area contributed by atoms with E-state index in [1.807, 2.05) is 29.5 Å². The molecule has 0 aliphatic carbocycles. The second-order valence-electron chi connectivity index (χ2n) is 7.44. The van der Waals surface area contributed by atoms with E-state index in [-0.39, 0.29) is 0 Å². The second kappa shape index (κ2) is 7.71. The Morgan fingerprint density at radius 1 is 0.867 bits per heavy atom. The maximum Gasteiger partial charge on any atom is 0.236 e. The third-order valence-electron chi connectivity index (χ3n) is 5.29. The summed E-state index contributed by atoms with van der Waals surface area (Å²) in [4.78, 5) is 9.57. The van der Waals surface area contributed by atoms with Crippen molar-refractivity contribution >= 4 is 17.3 Å².